The third kappa shape index (κ3) is 5.90. The second-order valence-corrected chi connectivity index (χ2v) is 8.81. The molecule has 5 heteroatoms. The van der Waals surface area contributed by atoms with Crippen molar-refractivity contribution < 1.29 is 20.1 Å². The van der Waals surface area contributed by atoms with Crippen LogP contribution in [0.1, 0.15) is 56.6 Å². The van der Waals surface area contributed by atoms with Gasteiger partial charge in [-0.05, 0) is 44.2 Å². The summed E-state index contributed by atoms with van der Waals surface area (Å²) in [5, 5.41) is 33.2. The molecule has 1 aromatic rings. The van der Waals surface area contributed by atoms with Crippen LogP contribution in [0.2, 0.25) is 0 Å². The largest absolute Gasteiger partial charge is 0.489 e. The van der Waals surface area contributed by atoms with Crippen LogP contribution in [0.15, 0.2) is 30.4 Å². The lowest BCUT2D eigenvalue weighted by Gasteiger charge is -2.19. The van der Waals surface area contributed by atoms with Crippen molar-refractivity contribution in [3.63, 3.8) is 0 Å². The number of hydrogen-bond acceptors (Lipinski definition) is 5. The van der Waals surface area contributed by atoms with Gasteiger partial charge >= 0.3 is 0 Å². The van der Waals surface area contributed by atoms with Crippen LogP contribution in [0.25, 0.3) is 0 Å². The summed E-state index contributed by atoms with van der Waals surface area (Å²) in [6, 6.07) is 6.36. The van der Waals surface area contributed by atoms with Crippen molar-refractivity contribution in [3.05, 3.63) is 41.5 Å². The monoisotopic (exact) mass is 427 g/mol. The molecule has 0 saturated heterocycles. The second-order valence-electron chi connectivity index (χ2n) is 8.81. The van der Waals surface area contributed by atoms with Gasteiger partial charge in [0.1, 0.15) is 11.9 Å². The number of rotatable bonds is 11. The maximum atomic E-state index is 10.7. The highest BCUT2D eigenvalue weighted by atomic mass is 16.5. The van der Waals surface area contributed by atoms with Crippen molar-refractivity contribution >= 4 is 0 Å². The summed E-state index contributed by atoms with van der Waals surface area (Å²) in [5.41, 5.74) is 2.42. The minimum absolute atomic E-state index is 0.00690. The summed E-state index contributed by atoms with van der Waals surface area (Å²) in [7, 11) is 0. The normalized spacial score (nSPS) is 26.1. The second kappa shape index (κ2) is 11.7. The molecule has 0 spiro atoms. The van der Waals surface area contributed by atoms with E-state index in [2.05, 4.69) is 35.4 Å². The van der Waals surface area contributed by atoms with Gasteiger partial charge in [-0.25, -0.2) is 0 Å². The molecule has 0 aromatic heterocycles. The van der Waals surface area contributed by atoms with Gasteiger partial charge in [0.2, 0.25) is 0 Å². The first kappa shape index (κ1) is 23.8. The molecule has 4 N–H and O–H groups in total. The van der Waals surface area contributed by atoms with Gasteiger partial charge in [-0.3, -0.25) is 0 Å². The molecule has 1 saturated carbocycles. The van der Waals surface area contributed by atoms with E-state index >= 15 is 0 Å². The Balaban J connectivity index is 1.65. The van der Waals surface area contributed by atoms with Gasteiger partial charge in [0.05, 0.1) is 18.8 Å². The summed E-state index contributed by atoms with van der Waals surface area (Å²) in [5.74, 6) is 7.04. The van der Waals surface area contributed by atoms with E-state index in [0.717, 1.165) is 31.6 Å². The number of fused-ring (bicyclic) bond motifs is 3. The van der Waals surface area contributed by atoms with Gasteiger partial charge in [-0.1, -0.05) is 37.3 Å². The standard InChI is InChI=1S/C26H37NO4/c1-3-4-8-18(2)22(29)13-12-20-23(30)17-24-25(20)21-11-7-10-19(26(21)31-24)9-5-6-14-27-15-16-28/h7,10-13,18,20,22-25,27-30H,5-6,8-9,14-17H2,1-2H3/b13-12+/t18-,20+,22-,23-,24+,25+/m1/s1. The molecule has 5 nitrogen and oxygen atoms in total. The SMILES string of the molecule is CC#CC[C@@H](C)[C@H](O)/C=C/[C@@H]1[C@H]2c3cccc(CCCCNCCO)c3O[C@H]2C[C@H]1O. The first-order valence-corrected chi connectivity index (χ1v) is 11.6. The first-order valence-electron chi connectivity index (χ1n) is 11.6. The molecule has 0 amide bonds. The van der Waals surface area contributed by atoms with Crippen LogP contribution in [-0.2, 0) is 6.42 Å². The van der Waals surface area contributed by atoms with Crippen molar-refractivity contribution in [3.8, 4) is 17.6 Å². The summed E-state index contributed by atoms with van der Waals surface area (Å²) in [6.45, 7) is 5.53. The van der Waals surface area contributed by atoms with Crippen molar-refractivity contribution in [1.82, 2.24) is 5.32 Å². The van der Waals surface area contributed by atoms with Gasteiger partial charge in [0, 0.05) is 36.8 Å². The zero-order valence-electron chi connectivity index (χ0n) is 18.8. The molecule has 1 fully saturated rings. The fourth-order valence-corrected chi connectivity index (χ4v) is 4.75. The zero-order valence-corrected chi connectivity index (χ0v) is 18.8. The average molecular weight is 428 g/mol. The number of nitrogens with one attached hydrogen (secondary N) is 1. The molecule has 1 aliphatic carbocycles. The van der Waals surface area contributed by atoms with E-state index in [1.165, 1.54) is 11.1 Å². The minimum atomic E-state index is -0.570. The van der Waals surface area contributed by atoms with Crippen molar-refractivity contribution in [2.45, 2.75) is 70.2 Å². The maximum Gasteiger partial charge on any atom is 0.126 e. The van der Waals surface area contributed by atoms with E-state index in [1.54, 1.807) is 0 Å². The highest BCUT2D eigenvalue weighted by molar-refractivity contribution is 5.49. The number of aliphatic hydroxyl groups excluding tert-OH is 3. The van der Waals surface area contributed by atoms with Gasteiger partial charge in [-0.15, -0.1) is 11.8 Å². The topological polar surface area (TPSA) is 82.0 Å². The minimum Gasteiger partial charge on any atom is -0.489 e. The molecular formula is C26H37NO4. The van der Waals surface area contributed by atoms with Crippen LogP contribution in [0.3, 0.4) is 0 Å². The fraction of sp³-hybridized carbons (Fsp3) is 0.615. The highest BCUT2D eigenvalue weighted by Crippen LogP contribution is 2.52. The van der Waals surface area contributed by atoms with Gasteiger partial charge in [-0.2, -0.15) is 0 Å². The smallest absolute Gasteiger partial charge is 0.126 e. The third-order valence-electron chi connectivity index (χ3n) is 6.54. The molecule has 6 atom stereocenters. The molecule has 0 bridgehead atoms. The molecule has 31 heavy (non-hydrogen) atoms. The van der Waals surface area contributed by atoms with Crippen molar-refractivity contribution in [2.24, 2.45) is 11.8 Å². The van der Waals surface area contributed by atoms with Crippen LogP contribution in [0, 0.1) is 23.7 Å². The lowest BCUT2D eigenvalue weighted by atomic mass is 9.86. The molecule has 1 aromatic carbocycles. The number of hydrogen-bond donors (Lipinski definition) is 4. The predicted molar refractivity (Wildman–Crippen MR) is 123 cm³/mol. The van der Waals surface area contributed by atoms with Crippen LogP contribution in [-0.4, -0.2) is 53.3 Å². The molecule has 1 aliphatic heterocycles. The highest BCUT2D eigenvalue weighted by Gasteiger charge is 2.48. The Morgan fingerprint density at radius 1 is 1.29 bits per heavy atom. The zero-order chi connectivity index (χ0) is 22.2. The molecule has 170 valence electrons. The summed E-state index contributed by atoms with van der Waals surface area (Å²) >= 11 is 0. The van der Waals surface area contributed by atoms with Gasteiger partial charge < -0.3 is 25.4 Å². The molecular weight excluding hydrogens is 390 g/mol. The number of aryl methyl sites for hydroxylation is 1. The van der Waals surface area contributed by atoms with Crippen LogP contribution in [0.4, 0.5) is 0 Å². The lowest BCUT2D eigenvalue weighted by molar-refractivity contribution is 0.134. The van der Waals surface area contributed by atoms with Crippen LogP contribution in [0.5, 0.6) is 5.75 Å². The van der Waals surface area contributed by atoms with Gasteiger partial charge in [0.25, 0.3) is 0 Å². The molecule has 0 unspecified atom stereocenters. The van der Waals surface area contributed by atoms with E-state index in [1.807, 2.05) is 26.0 Å². The van der Waals surface area contributed by atoms with E-state index in [-0.39, 0.29) is 30.5 Å². The van der Waals surface area contributed by atoms with E-state index in [0.29, 0.717) is 19.4 Å². The number of aliphatic hydroxyl groups is 3. The summed E-state index contributed by atoms with van der Waals surface area (Å²) < 4.78 is 6.34. The van der Waals surface area contributed by atoms with E-state index in [9.17, 15) is 10.2 Å². The van der Waals surface area contributed by atoms with Crippen molar-refractivity contribution in [2.75, 3.05) is 19.7 Å². The Hall–Kier alpha value is -1.84. The summed E-state index contributed by atoms with van der Waals surface area (Å²) in [6.07, 6.45) is 7.14. The number of benzene rings is 1. The lowest BCUT2D eigenvalue weighted by Crippen LogP contribution is -2.19. The Bertz CT molecular complexity index is 796. The predicted octanol–water partition coefficient (Wildman–Crippen LogP) is 2.78. The Morgan fingerprint density at radius 2 is 2.13 bits per heavy atom. The average Bonchev–Trinajstić information content (AvgIpc) is 3.27. The van der Waals surface area contributed by atoms with E-state index in [4.69, 9.17) is 9.84 Å². The molecule has 0 radical (unpaired) electrons. The van der Waals surface area contributed by atoms with Crippen LogP contribution < -0.4 is 10.1 Å². The Kier molecular flexibility index (Phi) is 8.98. The van der Waals surface area contributed by atoms with E-state index < -0.39 is 12.2 Å². The molecule has 3 rings (SSSR count). The summed E-state index contributed by atoms with van der Waals surface area (Å²) in [4.78, 5) is 0. The third-order valence-corrected chi connectivity index (χ3v) is 6.54. The van der Waals surface area contributed by atoms with Crippen molar-refractivity contribution in [1.29, 1.82) is 0 Å². The Labute approximate surface area is 186 Å². The number of ether oxygens (including phenoxy) is 1. The first-order chi connectivity index (χ1) is 15.1. The maximum absolute atomic E-state index is 10.7. The van der Waals surface area contributed by atoms with Gasteiger partial charge in [0.15, 0.2) is 0 Å². The quantitative estimate of drug-likeness (QED) is 0.248. The fourth-order valence-electron chi connectivity index (χ4n) is 4.75. The molecule has 2 aliphatic rings. The number of unbranched alkanes of at least 4 members (excludes halogenated alkanes) is 1. The molecule has 1 heterocycles. The van der Waals surface area contributed by atoms with Crippen LogP contribution >= 0.6 is 0 Å². The number of para-hydroxylation sites is 1. The Morgan fingerprint density at radius 3 is 2.90 bits per heavy atom.